The van der Waals surface area contributed by atoms with E-state index in [9.17, 15) is 14.4 Å². The largest absolute Gasteiger partial charge is 0.467 e. The van der Waals surface area contributed by atoms with Crippen molar-refractivity contribution in [3.05, 3.63) is 53.4 Å². The van der Waals surface area contributed by atoms with Gasteiger partial charge in [0.1, 0.15) is 17.3 Å². The Morgan fingerprint density at radius 3 is 2.59 bits per heavy atom. The molecule has 216 valence electrons. The Morgan fingerprint density at radius 2 is 1.85 bits per heavy atom. The number of esters is 1. The highest BCUT2D eigenvalue weighted by molar-refractivity contribution is 6.10. The monoisotopic (exact) mass is 559 g/mol. The smallest absolute Gasteiger partial charge is 0.328 e. The summed E-state index contributed by atoms with van der Waals surface area (Å²) in [5.41, 5.74) is 4.13. The van der Waals surface area contributed by atoms with Crippen LogP contribution in [0.15, 0.2) is 51.9 Å². The molecule has 1 heterocycles. The molecule has 0 bridgehead atoms. The van der Waals surface area contributed by atoms with Crippen molar-refractivity contribution in [1.82, 2.24) is 15.6 Å². The van der Waals surface area contributed by atoms with E-state index in [1.165, 1.54) is 14.0 Å². The van der Waals surface area contributed by atoms with E-state index in [2.05, 4.69) is 20.9 Å². The van der Waals surface area contributed by atoms with Gasteiger partial charge < -0.3 is 25.1 Å². The number of anilines is 1. The Bertz CT molecular complexity index is 1600. The predicted molar refractivity (Wildman–Crippen MR) is 159 cm³/mol. The number of aromatic nitrogens is 1. The highest BCUT2D eigenvalue weighted by atomic mass is 16.5. The summed E-state index contributed by atoms with van der Waals surface area (Å²) in [6, 6.07) is 13.2. The summed E-state index contributed by atoms with van der Waals surface area (Å²) in [6.07, 6.45) is 2.07. The topological polar surface area (TPSA) is 135 Å². The molecule has 10 nitrogen and oxygen atoms in total. The van der Waals surface area contributed by atoms with Crippen molar-refractivity contribution in [2.45, 2.75) is 52.5 Å². The molecule has 3 N–H and O–H groups in total. The molecule has 41 heavy (non-hydrogen) atoms. The van der Waals surface area contributed by atoms with Crippen LogP contribution in [0.25, 0.3) is 33.3 Å². The molecule has 1 aliphatic heterocycles. The molecule has 0 fully saturated rings. The summed E-state index contributed by atoms with van der Waals surface area (Å²) in [7, 11) is 1.29. The number of ether oxygens (including phenoxy) is 1. The predicted octanol–water partition coefficient (Wildman–Crippen LogP) is 4.08. The maximum atomic E-state index is 12.4. The molecule has 1 atom stereocenters. The minimum atomic E-state index is -0.674. The first kappa shape index (κ1) is 29.5. The molecular weight excluding hydrogens is 522 g/mol. The van der Waals surface area contributed by atoms with Crippen LogP contribution in [0.1, 0.15) is 45.1 Å². The Labute approximate surface area is 238 Å². The normalized spacial score (nSPS) is 12.4. The first-order valence-electron chi connectivity index (χ1n) is 13.9. The molecule has 2 aromatic rings. The van der Waals surface area contributed by atoms with E-state index in [1.54, 1.807) is 0 Å². The number of methoxy groups -OCH3 is 1. The fourth-order valence-corrected chi connectivity index (χ4v) is 4.82. The molecular formula is C31H37N5O5. The first-order chi connectivity index (χ1) is 19.8. The zero-order valence-corrected chi connectivity index (χ0v) is 24.0. The van der Waals surface area contributed by atoms with Crippen LogP contribution in [-0.2, 0) is 19.1 Å². The van der Waals surface area contributed by atoms with Crippen molar-refractivity contribution in [1.29, 1.82) is 0 Å². The van der Waals surface area contributed by atoms with Crippen LogP contribution in [0, 0.1) is 6.92 Å². The number of nitrogens with one attached hydrogen (secondary N) is 3. The average molecular weight is 560 g/mol. The molecule has 0 spiro atoms. The van der Waals surface area contributed by atoms with Crippen LogP contribution < -0.4 is 21.3 Å². The highest BCUT2D eigenvalue weighted by Crippen LogP contribution is 2.34. The lowest BCUT2D eigenvalue weighted by atomic mass is 10.1. The minimum absolute atomic E-state index is 0.0751. The summed E-state index contributed by atoms with van der Waals surface area (Å²) in [5.74, 6) is -0.161. The Morgan fingerprint density at radius 1 is 1.07 bits per heavy atom. The quantitative estimate of drug-likeness (QED) is 0.103. The van der Waals surface area contributed by atoms with Crippen molar-refractivity contribution in [2.75, 3.05) is 32.1 Å². The number of aryl methyl sites for hydroxylation is 1. The van der Waals surface area contributed by atoms with Crippen LogP contribution >= 0.6 is 0 Å². The fourth-order valence-electron chi connectivity index (χ4n) is 4.82. The number of carbonyl (C=O) groups excluding carboxylic acids is 3. The van der Waals surface area contributed by atoms with Gasteiger partial charge in [-0.1, -0.05) is 24.3 Å². The number of benzene rings is 3. The number of amides is 2. The van der Waals surface area contributed by atoms with Crippen LogP contribution in [0.5, 0.6) is 0 Å². The molecule has 0 radical (unpaired) electrons. The second-order valence-corrected chi connectivity index (χ2v) is 9.91. The van der Waals surface area contributed by atoms with E-state index in [1.807, 2.05) is 56.3 Å². The molecule has 2 aliphatic rings. The van der Waals surface area contributed by atoms with Crippen molar-refractivity contribution in [3.63, 3.8) is 0 Å². The van der Waals surface area contributed by atoms with Gasteiger partial charge in [-0.25, -0.2) is 9.78 Å². The third kappa shape index (κ3) is 7.39. The van der Waals surface area contributed by atoms with E-state index in [0.29, 0.717) is 50.2 Å². The second-order valence-electron chi connectivity index (χ2n) is 9.91. The van der Waals surface area contributed by atoms with Crippen molar-refractivity contribution >= 4 is 45.3 Å². The number of hydrogen-bond acceptors (Lipinski definition) is 8. The molecule has 2 aromatic carbocycles. The Kier molecular flexibility index (Phi) is 9.89. The lowest BCUT2D eigenvalue weighted by Gasteiger charge is -2.15. The van der Waals surface area contributed by atoms with E-state index in [-0.39, 0.29) is 18.2 Å². The number of unbranched alkanes of at least 4 members (excludes halogenated alkanes) is 1. The second kappa shape index (κ2) is 13.7. The Balaban J connectivity index is 1.39. The van der Waals surface area contributed by atoms with Gasteiger partial charge in [0, 0.05) is 61.6 Å². The molecule has 0 saturated carbocycles. The molecule has 2 amide bonds. The maximum Gasteiger partial charge on any atom is 0.328 e. The molecule has 10 heteroatoms. The van der Waals surface area contributed by atoms with E-state index < -0.39 is 12.0 Å². The molecule has 1 unspecified atom stereocenters. The summed E-state index contributed by atoms with van der Waals surface area (Å²) in [6.45, 7) is 6.99. The van der Waals surface area contributed by atoms with Crippen LogP contribution in [0.4, 0.5) is 5.69 Å². The van der Waals surface area contributed by atoms with Gasteiger partial charge >= 0.3 is 5.97 Å². The van der Waals surface area contributed by atoms with Gasteiger partial charge in [0.2, 0.25) is 11.8 Å². The minimum Gasteiger partial charge on any atom is -0.467 e. The molecule has 1 aliphatic carbocycles. The van der Waals surface area contributed by atoms with Gasteiger partial charge in [0.05, 0.1) is 12.5 Å². The maximum absolute atomic E-state index is 12.4. The van der Waals surface area contributed by atoms with Gasteiger partial charge in [-0.2, -0.15) is 0 Å². The van der Waals surface area contributed by atoms with E-state index in [0.717, 1.165) is 38.6 Å². The summed E-state index contributed by atoms with van der Waals surface area (Å²) < 4.78 is 11.0. The summed E-state index contributed by atoms with van der Waals surface area (Å²) in [5, 5.41) is 11.8. The van der Waals surface area contributed by atoms with Gasteiger partial charge in [0.25, 0.3) is 0 Å². The summed E-state index contributed by atoms with van der Waals surface area (Å²) >= 11 is 0. The van der Waals surface area contributed by atoms with Crippen molar-refractivity contribution < 1.29 is 23.5 Å². The number of rotatable bonds is 12. The zero-order chi connectivity index (χ0) is 29.4. The SMILES string of the molecule is CCN=c1cc2oc3cc(NCCC(=O)NCCCCC(NC(C)=O)C(=O)OC)c4ccccc4c3nc-2cc1C. The number of carbonyl (C=O) groups is 3. The molecule has 0 saturated heterocycles. The zero-order valence-electron chi connectivity index (χ0n) is 24.0. The summed E-state index contributed by atoms with van der Waals surface area (Å²) in [4.78, 5) is 45.0. The van der Waals surface area contributed by atoms with Gasteiger partial charge in [-0.15, -0.1) is 0 Å². The Hall–Kier alpha value is -4.47. The number of nitrogens with zero attached hydrogens (tertiary/aromatic N) is 2. The van der Waals surface area contributed by atoms with Crippen molar-refractivity contribution in [3.8, 4) is 11.5 Å². The van der Waals surface area contributed by atoms with Gasteiger partial charge in [-0.3, -0.25) is 14.6 Å². The number of fused-ring (bicyclic) bond motifs is 4. The van der Waals surface area contributed by atoms with E-state index >= 15 is 0 Å². The van der Waals surface area contributed by atoms with Crippen LogP contribution in [0.2, 0.25) is 0 Å². The highest BCUT2D eigenvalue weighted by Gasteiger charge is 2.19. The lowest BCUT2D eigenvalue weighted by Crippen LogP contribution is -2.40. The lowest BCUT2D eigenvalue weighted by molar-refractivity contribution is -0.145. The van der Waals surface area contributed by atoms with Gasteiger partial charge in [0.15, 0.2) is 11.3 Å². The fraction of sp³-hybridized carbons (Fsp3) is 0.387. The third-order valence-corrected chi connectivity index (χ3v) is 6.81. The average Bonchev–Trinajstić information content (AvgIpc) is 2.95. The van der Waals surface area contributed by atoms with E-state index in [4.69, 9.17) is 14.1 Å². The van der Waals surface area contributed by atoms with Crippen LogP contribution in [-0.4, -0.2) is 55.6 Å². The van der Waals surface area contributed by atoms with Crippen molar-refractivity contribution in [2.24, 2.45) is 4.99 Å². The van der Waals surface area contributed by atoms with Crippen LogP contribution in [0.3, 0.4) is 0 Å². The molecule has 4 rings (SSSR count). The molecule has 0 aromatic heterocycles. The first-order valence-corrected chi connectivity index (χ1v) is 13.9. The van der Waals surface area contributed by atoms with Gasteiger partial charge in [-0.05, 0) is 44.7 Å². The third-order valence-electron chi connectivity index (χ3n) is 6.81. The standard InChI is InChI=1S/C31H37N5O5/c1-5-32-24-17-27-26(16-19(24)2)36-30-22-11-7-6-10-21(22)25(18-28(30)41-27)33-15-13-29(38)34-14-9-8-12-23(31(39)40-4)35-20(3)37/h6-7,10-11,16-18,23,33H,5,8-9,12-15H2,1-4H3,(H,34,38)(H,35,37). The number of hydrogen-bond donors (Lipinski definition) is 3.